The molecular weight excluding hydrogens is 236 g/mol. The summed E-state index contributed by atoms with van der Waals surface area (Å²) in [4.78, 5) is 5.05. The van der Waals surface area contributed by atoms with E-state index in [0.717, 1.165) is 32.6 Å². The molecule has 19 heavy (non-hydrogen) atoms. The van der Waals surface area contributed by atoms with E-state index in [4.69, 9.17) is 0 Å². The number of piperidine rings is 1. The second-order valence-electron chi connectivity index (χ2n) is 5.95. The predicted molar refractivity (Wildman–Crippen MR) is 76.9 cm³/mol. The highest BCUT2D eigenvalue weighted by atomic mass is 16.3. The van der Waals surface area contributed by atoms with Crippen LogP contribution in [-0.4, -0.2) is 53.2 Å². The van der Waals surface area contributed by atoms with Gasteiger partial charge >= 0.3 is 0 Å². The summed E-state index contributed by atoms with van der Waals surface area (Å²) in [6.45, 7) is 5.38. The third kappa shape index (κ3) is 3.35. The van der Waals surface area contributed by atoms with Crippen molar-refractivity contribution in [1.82, 2.24) is 9.80 Å². The predicted octanol–water partition coefficient (Wildman–Crippen LogP) is 1.72. The Labute approximate surface area is 115 Å². The molecule has 0 bridgehead atoms. The van der Waals surface area contributed by atoms with Gasteiger partial charge in [0, 0.05) is 32.2 Å². The molecule has 2 saturated heterocycles. The summed E-state index contributed by atoms with van der Waals surface area (Å²) in [5.41, 5.74) is 1.41. The average molecular weight is 260 g/mol. The zero-order chi connectivity index (χ0) is 13.1. The van der Waals surface area contributed by atoms with E-state index >= 15 is 0 Å². The summed E-state index contributed by atoms with van der Waals surface area (Å²) in [5, 5.41) is 9.68. The molecule has 2 aliphatic heterocycles. The van der Waals surface area contributed by atoms with Crippen molar-refractivity contribution in [2.75, 3.05) is 26.2 Å². The summed E-state index contributed by atoms with van der Waals surface area (Å²) in [5.74, 6) is 0. The molecule has 1 aromatic rings. The number of benzene rings is 1. The fourth-order valence-corrected chi connectivity index (χ4v) is 3.41. The van der Waals surface area contributed by atoms with E-state index in [9.17, 15) is 5.11 Å². The molecule has 0 amide bonds. The molecule has 104 valence electrons. The van der Waals surface area contributed by atoms with Crippen LogP contribution in [-0.2, 0) is 6.54 Å². The second kappa shape index (κ2) is 6.04. The number of hydrogen-bond donors (Lipinski definition) is 1. The molecule has 1 aromatic carbocycles. The molecule has 3 heteroatoms. The SMILES string of the molecule is O[C@H]1CCN(C2CCCN(Cc3ccccc3)C2)C1. The van der Waals surface area contributed by atoms with E-state index in [1.165, 1.54) is 24.9 Å². The smallest absolute Gasteiger partial charge is 0.0679 e. The second-order valence-corrected chi connectivity index (χ2v) is 5.95. The van der Waals surface area contributed by atoms with Crippen LogP contribution in [0.2, 0.25) is 0 Å². The lowest BCUT2D eigenvalue weighted by Gasteiger charge is -2.37. The van der Waals surface area contributed by atoms with Gasteiger partial charge in [0.15, 0.2) is 0 Å². The number of aliphatic hydroxyl groups excluding tert-OH is 1. The minimum atomic E-state index is -0.0931. The molecule has 0 radical (unpaired) electrons. The normalized spacial score (nSPS) is 29.7. The minimum absolute atomic E-state index is 0.0931. The summed E-state index contributed by atoms with van der Waals surface area (Å²) in [6.07, 6.45) is 3.43. The van der Waals surface area contributed by atoms with Gasteiger partial charge in [0.05, 0.1) is 6.10 Å². The lowest BCUT2D eigenvalue weighted by molar-refractivity contribution is 0.0957. The van der Waals surface area contributed by atoms with E-state index in [2.05, 4.69) is 40.1 Å². The maximum absolute atomic E-state index is 9.68. The van der Waals surface area contributed by atoms with Gasteiger partial charge in [-0.25, -0.2) is 0 Å². The zero-order valence-electron chi connectivity index (χ0n) is 11.5. The fraction of sp³-hybridized carbons (Fsp3) is 0.625. The molecule has 0 aromatic heterocycles. The third-order valence-corrected chi connectivity index (χ3v) is 4.44. The molecule has 0 aliphatic carbocycles. The van der Waals surface area contributed by atoms with Gasteiger partial charge in [0.2, 0.25) is 0 Å². The first kappa shape index (κ1) is 13.1. The Kier molecular flexibility index (Phi) is 4.16. The number of likely N-dealkylation sites (tertiary alicyclic amines) is 2. The molecule has 2 heterocycles. The first-order valence-electron chi connectivity index (χ1n) is 7.49. The van der Waals surface area contributed by atoms with Gasteiger partial charge in [-0.05, 0) is 31.4 Å². The number of β-amino-alcohol motifs (C(OH)–C–C–N with tert-alkyl or cyclic N) is 1. The van der Waals surface area contributed by atoms with Crippen molar-refractivity contribution in [3.8, 4) is 0 Å². The van der Waals surface area contributed by atoms with E-state index < -0.39 is 0 Å². The molecule has 2 atom stereocenters. The monoisotopic (exact) mass is 260 g/mol. The molecular formula is C16H24N2O. The van der Waals surface area contributed by atoms with Crippen LogP contribution >= 0.6 is 0 Å². The number of nitrogens with zero attached hydrogens (tertiary/aromatic N) is 2. The van der Waals surface area contributed by atoms with Gasteiger partial charge < -0.3 is 5.11 Å². The van der Waals surface area contributed by atoms with Crippen molar-refractivity contribution in [2.24, 2.45) is 0 Å². The first-order valence-corrected chi connectivity index (χ1v) is 7.49. The van der Waals surface area contributed by atoms with Gasteiger partial charge in [-0.2, -0.15) is 0 Å². The molecule has 2 fully saturated rings. The summed E-state index contributed by atoms with van der Waals surface area (Å²) in [7, 11) is 0. The Bertz CT molecular complexity index is 395. The van der Waals surface area contributed by atoms with Crippen molar-refractivity contribution < 1.29 is 5.11 Å². The van der Waals surface area contributed by atoms with Crippen LogP contribution < -0.4 is 0 Å². The highest BCUT2D eigenvalue weighted by Crippen LogP contribution is 2.21. The van der Waals surface area contributed by atoms with Gasteiger partial charge in [-0.3, -0.25) is 9.80 Å². The van der Waals surface area contributed by atoms with Crippen LogP contribution in [0.5, 0.6) is 0 Å². The third-order valence-electron chi connectivity index (χ3n) is 4.44. The van der Waals surface area contributed by atoms with Crippen LogP contribution in [0.1, 0.15) is 24.8 Å². The lowest BCUT2D eigenvalue weighted by Crippen LogP contribution is -2.47. The van der Waals surface area contributed by atoms with Crippen molar-refractivity contribution in [3.63, 3.8) is 0 Å². The maximum atomic E-state index is 9.68. The van der Waals surface area contributed by atoms with Crippen molar-refractivity contribution >= 4 is 0 Å². The molecule has 1 N–H and O–H groups in total. The van der Waals surface area contributed by atoms with Gasteiger partial charge in [0.25, 0.3) is 0 Å². The van der Waals surface area contributed by atoms with E-state index in [1.54, 1.807) is 0 Å². The minimum Gasteiger partial charge on any atom is -0.392 e. The summed E-state index contributed by atoms with van der Waals surface area (Å²) >= 11 is 0. The van der Waals surface area contributed by atoms with Gasteiger partial charge in [-0.15, -0.1) is 0 Å². The van der Waals surface area contributed by atoms with Gasteiger partial charge in [-0.1, -0.05) is 30.3 Å². The Morgan fingerprint density at radius 2 is 1.89 bits per heavy atom. The van der Waals surface area contributed by atoms with Crippen molar-refractivity contribution in [3.05, 3.63) is 35.9 Å². The van der Waals surface area contributed by atoms with E-state index in [0.29, 0.717) is 6.04 Å². The Balaban J connectivity index is 1.56. The highest BCUT2D eigenvalue weighted by molar-refractivity contribution is 5.14. The van der Waals surface area contributed by atoms with Crippen molar-refractivity contribution in [2.45, 2.75) is 38.0 Å². The van der Waals surface area contributed by atoms with Crippen LogP contribution in [0.3, 0.4) is 0 Å². The standard InChI is InChI=1S/C16H24N2O/c19-16-8-10-18(13-16)15-7-4-9-17(12-15)11-14-5-2-1-3-6-14/h1-3,5-6,15-16,19H,4,7-13H2/t15?,16-/m0/s1. The maximum Gasteiger partial charge on any atom is 0.0679 e. The first-order chi connectivity index (χ1) is 9.31. The molecule has 2 aliphatic rings. The number of rotatable bonds is 3. The van der Waals surface area contributed by atoms with Crippen LogP contribution in [0.4, 0.5) is 0 Å². The quantitative estimate of drug-likeness (QED) is 0.896. The van der Waals surface area contributed by atoms with Crippen LogP contribution in [0.25, 0.3) is 0 Å². The van der Waals surface area contributed by atoms with Crippen LogP contribution in [0, 0.1) is 0 Å². The molecule has 0 saturated carbocycles. The Morgan fingerprint density at radius 3 is 2.63 bits per heavy atom. The molecule has 3 nitrogen and oxygen atoms in total. The highest BCUT2D eigenvalue weighted by Gasteiger charge is 2.30. The summed E-state index contributed by atoms with van der Waals surface area (Å²) < 4.78 is 0. The lowest BCUT2D eigenvalue weighted by atomic mass is 10.0. The largest absolute Gasteiger partial charge is 0.392 e. The molecule has 3 rings (SSSR count). The van der Waals surface area contributed by atoms with E-state index in [1.807, 2.05) is 0 Å². The van der Waals surface area contributed by atoms with E-state index in [-0.39, 0.29) is 6.10 Å². The Morgan fingerprint density at radius 1 is 1.05 bits per heavy atom. The number of aliphatic hydroxyl groups is 1. The average Bonchev–Trinajstić information content (AvgIpc) is 2.87. The fourth-order valence-electron chi connectivity index (χ4n) is 3.41. The topological polar surface area (TPSA) is 26.7 Å². The zero-order valence-corrected chi connectivity index (χ0v) is 11.5. The number of hydrogen-bond acceptors (Lipinski definition) is 3. The van der Waals surface area contributed by atoms with Crippen molar-refractivity contribution in [1.29, 1.82) is 0 Å². The van der Waals surface area contributed by atoms with Crippen LogP contribution in [0.15, 0.2) is 30.3 Å². The van der Waals surface area contributed by atoms with Gasteiger partial charge in [0.1, 0.15) is 0 Å². The molecule has 0 spiro atoms. The summed E-state index contributed by atoms with van der Waals surface area (Å²) in [6, 6.07) is 11.4. The molecule has 1 unspecified atom stereocenters. The Hall–Kier alpha value is -0.900.